The number of furan rings is 1. The van der Waals surface area contributed by atoms with Crippen LogP contribution in [0, 0.1) is 21.4 Å². The molecule has 1 N–H and O–H groups in total. The summed E-state index contributed by atoms with van der Waals surface area (Å²) in [7, 11) is 0. The molecule has 1 aliphatic heterocycles. The lowest BCUT2D eigenvalue weighted by molar-refractivity contribution is -0.386. The van der Waals surface area contributed by atoms with Gasteiger partial charge in [0.2, 0.25) is 5.76 Å². The first-order chi connectivity index (χ1) is 21.8. The summed E-state index contributed by atoms with van der Waals surface area (Å²) in [6, 6.07) is 23.7. The summed E-state index contributed by atoms with van der Waals surface area (Å²) in [6.45, 7) is 3.42. The number of hydrogen-bond donors (Lipinski definition) is 1. The minimum atomic E-state index is -1.62. The van der Waals surface area contributed by atoms with Crippen molar-refractivity contribution in [1.29, 1.82) is 5.26 Å². The Morgan fingerprint density at radius 2 is 1.71 bits per heavy atom. The third-order valence-electron chi connectivity index (χ3n) is 7.43. The van der Waals surface area contributed by atoms with Gasteiger partial charge in [0.15, 0.2) is 0 Å². The van der Waals surface area contributed by atoms with Crippen molar-refractivity contribution in [2.75, 3.05) is 37.7 Å². The van der Waals surface area contributed by atoms with Crippen LogP contribution in [0.25, 0.3) is 11.3 Å². The van der Waals surface area contributed by atoms with Crippen molar-refractivity contribution >= 4 is 23.4 Å². The molecular formula is C33H30N4O8. The number of nitriles is 1. The zero-order chi connectivity index (χ0) is 31.9. The number of esters is 1. The Bertz CT molecular complexity index is 1720. The molecule has 0 saturated carbocycles. The van der Waals surface area contributed by atoms with Crippen LogP contribution in [0.1, 0.15) is 45.8 Å². The van der Waals surface area contributed by atoms with Gasteiger partial charge in [0, 0.05) is 49.1 Å². The average Bonchev–Trinajstić information content (AvgIpc) is 3.53. The monoisotopic (exact) mass is 610 g/mol. The van der Waals surface area contributed by atoms with Crippen molar-refractivity contribution in [1.82, 2.24) is 4.90 Å². The molecule has 1 fully saturated rings. The van der Waals surface area contributed by atoms with E-state index >= 15 is 0 Å². The molecule has 5 rings (SSSR count). The SMILES string of the molecule is CCOC(=O)c1oc(-c2ccc(C#N)cc2)cc1C(O)c1cc(N2CCN(C(=O)OCc3ccccc3)CC2)ccc1[N+](=O)[O-]. The van der Waals surface area contributed by atoms with Gasteiger partial charge in [-0.25, -0.2) is 9.59 Å². The Hall–Kier alpha value is -5.67. The molecule has 45 heavy (non-hydrogen) atoms. The zero-order valence-electron chi connectivity index (χ0n) is 24.4. The number of carbonyl (C=O) groups excluding carboxylic acids is 2. The van der Waals surface area contributed by atoms with Crippen LogP contribution in [-0.4, -0.2) is 59.8 Å². The lowest BCUT2D eigenvalue weighted by atomic mass is 9.98. The first-order valence-corrected chi connectivity index (χ1v) is 14.3. The van der Waals surface area contributed by atoms with Crippen molar-refractivity contribution in [3.05, 3.63) is 117 Å². The smallest absolute Gasteiger partial charge is 0.410 e. The van der Waals surface area contributed by atoms with Crippen LogP contribution >= 0.6 is 0 Å². The van der Waals surface area contributed by atoms with Crippen LogP contribution in [0.2, 0.25) is 0 Å². The van der Waals surface area contributed by atoms with Gasteiger partial charge in [0.1, 0.15) is 18.5 Å². The Morgan fingerprint density at radius 1 is 1.00 bits per heavy atom. The summed E-state index contributed by atoms with van der Waals surface area (Å²) in [5.41, 5.74) is 2.05. The van der Waals surface area contributed by atoms with E-state index in [1.807, 2.05) is 41.3 Å². The van der Waals surface area contributed by atoms with Gasteiger partial charge < -0.3 is 28.8 Å². The maximum absolute atomic E-state index is 12.8. The molecule has 1 unspecified atom stereocenters. The Balaban J connectivity index is 1.38. The van der Waals surface area contributed by atoms with Crippen molar-refractivity contribution in [2.45, 2.75) is 19.6 Å². The third-order valence-corrected chi connectivity index (χ3v) is 7.43. The predicted molar refractivity (Wildman–Crippen MR) is 162 cm³/mol. The molecule has 0 radical (unpaired) electrons. The number of nitro groups is 1. The zero-order valence-corrected chi connectivity index (χ0v) is 24.4. The van der Waals surface area contributed by atoms with E-state index in [2.05, 4.69) is 0 Å². The van der Waals surface area contributed by atoms with Crippen molar-refractivity contribution < 1.29 is 33.5 Å². The summed E-state index contributed by atoms with van der Waals surface area (Å²) in [5, 5.41) is 32.7. The van der Waals surface area contributed by atoms with E-state index in [0.717, 1.165) is 5.56 Å². The highest BCUT2D eigenvalue weighted by Crippen LogP contribution is 2.38. The molecule has 1 atom stereocenters. The lowest BCUT2D eigenvalue weighted by Gasteiger charge is -2.35. The standard InChI is InChI=1S/C33H30N4O8/c1-2-43-32(39)31-27(19-29(45-31)24-10-8-22(20-34)9-11-24)30(38)26-18-25(12-13-28(26)37(41)42)35-14-16-36(17-15-35)33(40)44-21-23-6-4-3-5-7-23/h3-13,18-19,30,38H,2,14-17,21H2,1H3. The van der Waals surface area contributed by atoms with Gasteiger partial charge >= 0.3 is 12.1 Å². The first kappa shape index (κ1) is 30.8. The molecule has 1 amide bonds. The number of aliphatic hydroxyl groups is 1. The molecule has 0 spiro atoms. The van der Waals surface area contributed by atoms with E-state index in [-0.39, 0.29) is 41.5 Å². The molecule has 4 aromatic rings. The van der Waals surface area contributed by atoms with E-state index in [9.17, 15) is 24.8 Å². The van der Waals surface area contributed by atoms with E-state index in [1.165, 1.54) is 18.2 Å². The fraction of sp³-hybridized carbons (Fsp3) is 0.242. The number of hydrogen-bond acceptors (Lipinski definition) is 10. The number of aliphatic hydroxyl groups excluding tert-OH is 1. The molecular weight excluding hydrogens is 580 g/mol. The fourth-order valence-corrected chi connectivity index (χ4v) is 5.06. The average molecular weight is 611 g/mol. The minimum Gasteiger partial charge on any atom is -0.460 e. The second kappa shape index (κ2) is 13.7. The highest BCUT2D eigenvalue weighted by atomic mass is 16.6. The molecule has 3 aromatic carbocycles. The number of carbonyl (C=O) groups is 2. The van der Waals surface area contributed by atoms with Crippen molar-refractivity contribution in [2.24, 2.45) is 0 Å². The van der Waals surface area contributed by atoms with Crippen LogP contribution in [-0.2, 0) is 16.1 Å². The van der Waals surface area contributed by atoms with Crippen LogP contribution < -0.4 is 4.90 Å². The molecule has 0 aliphatic carbocycles. The number of ether oxygens (including phenoxy) is 2. The molecule has 1 saturated heterocycles. The highest BCUT2D eigenvalue weighted by molar-refractivity contribution is 5.89. The van der Waals surface area contributed by atoms with Crippen LogP contribution in [0.4, 0.5) is 16.2 Å². The van der Waals surface area contributed by atoms with Gasteiger partial charge in [-0.1, -0.05) is 30.3 Å². The van der Waals surface area contributed by atoms with Crippen LogP contribution in [0.15, 0.2) is 83.3 Å². The normalized spacial score (nSPS) is 13.5. The summed E-state index contributed by atoms with van der Waals surface area (Å²) < 4.78 is 16.4. The molecule has 12 nitrogen and oxygen atoms in total. The number of nitro benzene ring substituents is 1. The van der Waals surface area contributed by atoms with Gasteiger partial charge in [-0.05, 0) is 55.0 Å². The largest absolute Gasteiger partial charge is 0.460 e. The van der Waals surface area contributed by atoms with Gasteiger partial charge in [0.05, 0.1) is 28.7 Å². The lowest BCUT2D eigenvalue weighted by Crippen LogP contribution is -2.49. The number of piperazine rings is 1. The summed E-state index contributed by atoms with van der Waals surface area (Å²) >= 11 is 0. The number of anilines is 1. The third kappa shape index (κ3) is 6.95. The molecule has 230 valence electrons. The Morgan fingerprint density at radius 3 is 2.36 bits per heavy atom. The van der Waals surface area contributed by atoms with Crippen LogP contribution in [0.5, 0.6) is 0 Å². The van der Waals surface area contributed by atoms with Crippen LogP contribution in [0.3, 0.4) is 0 Å². The maximum atomic E-state index is 12.8. The van der Waals surface area contributed by atoms with Gasteiger partial charge in [-0.3, -0.25) is 10.1 Å². The van der Waals surface area contributed by atoms with E-state index in [1.54, 1.807) is 42.2 Å². The quantitative estimate of drug-likeness (QED) is 0.147. The fourth-order valence-electron chi connectivity index (χ4n) is 5.06. The molecule has 1 aliphatic rings. The molecule has 12 heteroatoms. The molecule has 1 aromatic heterocycles. The minimum absolute atomic E-state index is 0.000888. The van der Waals surface area contributed by atoms with E-state index < -0.39 is 23.1 Å². The van der Waals surface area contributed by atoms with Crippen molar-refractivity contribution in [3.8, 4) is 17.4 Å². The second-order valence-electron chi connectivity index (χ2n) is 10.2. The Labute approximate surface area is 258 Å². The topological polar surface area (TPSA) is 159 Å². The molecule has 2 heterocycles. The second-order valence-corrected chi connectivity index (χ2v) is 10.2. The van der Waals surface area contributed by atoms with E-state index in [4.69, 9.17) is 19.2 Å². The summed E-state index contributed by atoms with van der Waals surface area (Å²) in [4.78, 5) is 40.4. The number of benzene rings is 3. The number of amides is 1. The van der Waals surface area contributed by atoms with Gasteiger partial charge in [-0.2, -0.15) is 5.26 Å². The maximum Gasteiger partial charge on any atom is 0.410 e. The molecule has 0 bridgehead atoms. The van der Waals surface area contributed by atoms with Gasteiger partial charge in [-0.15, -0.1) is 0 Å². The van der Waals surface area contributed by atoms with Crippen molar-refractivity contribution in [3.63, 3.8) is 0 Å². The first-order valence-electron chi connectivity index (χ1n) is 14.3. The number of rotatable bonds is 9. The van der Waals surface area contributed by atoms with Gasteiger partial charge in [0.25, 0.3) is 5.69 Å². The summed E-state index contributed by atoms with van der Waals surface area (Å²) in [5.74, 6) is -0.905. The Kier molecular flexibility index (Phi) is 9.40. The summed E-state index contributed by atoms with van der Waals surface area (Å²) in [6.07, 6.45) is -2.04. The predicted octanol–water partition coefficient (Wildman–Crippen LogP) is 5.44. The highest BCUT2D eigenvalue weighted by Gasteiger charge is 2.32. The number of nitrogens with zero attached hydrogens (tertiary/aromatic N) is 4. The van der Waals surface area contributed by atoms with E-state index in [0.29, 0.717) is 43.0 Å².